The molecule has 9 heteroatoms. The summed E-state index contributed by atoms with van der Waals surface area (Å²) in [5.74, 6) is -3.93. The summed E-state index contributed by atoms with van der Waals surface area (Å²) in [4.78, 5) is 23.8. The van der Waals surface area contributed by atoms with Gasteiger partial charge in [0.15, 0.2) is 0 Å². The predicted molar refractivity (Wildman–Crippen MR) is 132 cm³/mol. The maximum absolute atomic E-state index is 13.0. The van der Waals surface area contributed by atoms with Crippen molar-refractivity contribution in [2.45, 2.75) is 26.7 Å². The number of allylic oxidation sites excluding steroid dienone is 8. The minimum atomic E-state index is -0.863. The van der Waals surface area contributed by atoms with Gasteiger partial charge in [-0.25, -0.2) is 41.9 Å². The molecule has 0 saturated carbocycles. The molecule has 4 rings (SSSR count). The molecule has 0 fully saturated rings. The van der Waals surface area contributed by atoms with Crippen LogP contribution in [0.5, 0.6) is 0 Å². The van der Waals surface area contributed by atoms with Crippen LogP contribution in [0.15, 0.2) is 60.7 Å². The van der Waals surface area contributed by atoms with E-state index in [1.54, 1.807) is 0 Å². The number of benzene rings is 2. The Balaban J connectivity index is 0.000000502. The molecule has 2 aromatic carbocycles. The second kappa shape index (κ2) is 18.1. The number of rotatable bonds is 2. The van der Waals surface area contributed by atoms with E-state index < -0.39 is 23.3 Å². The summed E-state index contributed by atoms with van der Waals surface area (Å²) in [6, 6.07) is 8.20. The zero-order valence-corrected chi connectivity index (χ0v) is 22.5. The van der Waals surface area contributed by atoms with Crippen molar-refractivity contribution >= 4 is 23.2 Å². The molecule has 0 unspecified atom stereocenters. The van der Waals surface area contributed by atoms with Crippen molar-refractivity contribution in [3.8, 4) is 0 Å². The SMILES string of the molecule is CC(=O)N(C)c1ccc(F)[c-]c1F.CC(=O)N(C)c1ccc(F)[c-]c1F.[C-]1=CC=CC1.[C-]1=CC=CC1.[Ti+4]. The quantitative estimate of drug-likeness (QED) is 0.260. The van der Waals surface area contributed by atoms with E-state index in [2.05, 4.69) is 24.3 Å². The van der Waals surface area contributed by atoms with Crippen molar-refractivity contribution in [3.63, 3.8) is 0 Å². The van der Waals surface area contributed by atoms with Crippen molar-refractivity contribution in [3.05, 3.63) is 108 Å². The van der Waals surface area contributed by atoms with Crippen LogP contribution < -0.4 is 9.80 Å². The monoisotopic (exact) mass is 546 g/mol. The average Bonchev–Trinajstić information content (AvgIpc) is 3.58. The molecular formula is C28H26F4N2O2Ti. The molecule has 0 bridgehead atoms. The second-order valence-corrected chi connectivity index (χ2v) is 7.17. The summed E-state index contributed by atoms with van der Waals surface area (Å²) in [5, 5.41) is 0. The Labute approximate surface area is 230 Å². The predicted octanol–water partition coefficient (Wildman–Crippen LogP) is 6.10. The third-order valence-electron chi connectivity index (χ3n) is 4.52. The fourth-order valence-electron chi connectivity index (χ4n) is 2.41. The van der Waals surface area contributed by atoms with Crippen LogP contribution in [0.2, 0.25) is 0 Å². The van der Waals surface area contributed by atoms with Crippen molar-refractivity contribution in [1.82, 2.24) is 0 Å². The molecule has 37 heavy (non-hydrogen) atoms. The molecule has 0 aromatic heterocycles. The Hall–Kier alpha value is -3.23. The van der Waals surface area contributed by atoms with Crippen molar-refractivity contribution in [1.29, 1.82) is 0 Å². The van der Waals surface area contributed by atoms with Gasteiger partial charge in [0.25, 0.3) is 0 Å². The van der Waals surface area contributed by atoms with Crippen LogP contribution in [-0.2, 0) is 31.3 Å². The van der Waals surface area contributed by atoms with Crippen LogP contribution in [0.4, 0.5) is 28.9 Å². The molecule has 192 valence electrons. The molecular weight excluding hydrogens is 520 g/mol. The topological polar surface area (TPSA) is 40.6 Å². The van der Waals surface area contributed by atoms with Crippen molar-refractivity contribution in [2.75, 3.05) is 23.9 Å². The molecule has 2 aromatic rings. The van der Waals surface area contributed by atoms with E-state index in [0.717, 1.165) is 34.8 Å². The first-order valence-electron chi connectivity index (χ1n) is 10.7. The molecule has 0 spiro atoms. The molecule has 4 nitrogen and oxygen atoms in total. The van der Waals surface area contributed by atoms with E-state index in [1.165, 1.54) is 40.1 Å². The summed E-state index contributed by atoms with van der Waals surface area (Å²) in [7, 11) is 2.82. The number of hydrogen-bond donors (Lipinski definition) is 0. The van der Waals surface area contributed by atoms with Gasteiger partial charge in [0.1, 0.15) is 0 Å². The van der Waals surface area contributed by atoms with Gasteiger partial charge < -0.3 is 9.80 Å². The van der Waals surface area contributed by atoms with Crippen LogP contribution in [0.25, 0.3) is 0 Å². The first kappa shape index (κ1) is 33.8. The number of hydrogen-bond acceptors (Lipinski definition) is 2. The van der Waals surface area contributed by atoms with E-state index in [0.29, 0.717) is 0 Å². The van der Waals surface area contributed by atoms with Crippen LogP contribution >= 0.6 is 0 Å². The van der Waals surface area contributed by atoms with Gasteiger partial charge in [0, 0.05) is 51.2 Å². The Bertz CT molecular complexity index is 1040. The third kappa shape index (κ3) is 13.0. The summed E-state index contributed by atoms with van der Waals surface area (Å²) < 4.78 is 50.8. The maximum Gasteiger partial charge on any atom is 4.00 e. The Morgan fingerprint density at radius 2 is 1.05 bits per heavy atom. The standard InChI is InChI=1S/2C9H8F2NO.2C5H5.Ti/c2*1-6(13)12(2)9-4-3-7(10)5-8(9)11;2*1-2-4-5-3-1;/h2*3-4H,1-2H3;2*1-3H,4H2;/q4*-1;+4. The fraction of sp³-hybridized carbons (Fsp3) is 0.214. The minimum Gasteiger partial charge on any atom is -0.366 e. The number of nitrogens with zero attached hydrogens (tertiary/aromatic N) is 2. The molecule has 0 radical (unpaired) electrons. The van der Waals surface area contributed by atoms with Crippen molar-refractivity contribution in [2.24, 2.45) is 0 Å². The smallest absolute Gasteiger partial charge is 0.366 e. The number of amides is 2. The number of carbonyl (C=O) groups excluding carboxylic acids is 2. The molecule has 0 N–H and O–H groups in total. The van der Waals surface area contributed by atoms with Gasteiger partial charge in [-0.05, 0) is 11.4 Å². The van der Waals surface area contributed by atoms with Gasteiger partial charge in [0.05, 0.1) is 0 Å². The summed E-state index contributed by atoms with van der Waals surface area (Å²) >= 11 is 0. The van der Waals surface area contributed by atoms with Crippen LogP contribution in [-0.4, -0.2) is 25.9 Å². The average molecular weight is 546 g/mol. The Morgan fingerprint density at radius 1 is 0.703 bits per heavy atom. The van der Waals surface area contributed by atoms with E-state index in [-0.39, 0.29) is 44.9 Å². The van der Waals surface area contributed by atoms with Crippen LogP contribution in [0.1, 0.15) is 26.7 Å². The zero-order valence-electron chi connectivity index (χ0n) is 20.9. The number of carbonyl (C=O) groups is 2. The van der Waals surface area contributed by atoms with E-state index in [4.69, 9.17) is 0 Å². The largest absolute Gasteiger partial charge is 4.00 e. The number of anilines is 2. The Kier molecular flexibility index (Phi) is 16.5. The molecule has 2 aliphatic rings. The molecule has 0 saturated heterocycles. The summed E-state index contributed by atoms with van der Waals surface area (Å²) in [5.41, 5.74) is 0.0443. The van der Waals surface area contributed by atoms with Gasteiger partial charge in [-0.3, -0.25) is 21.7 Å². The Morgan fingerprint density at radius 3 is 1.24 bits per heavy atom. The molecule has 0 heterocycles. The maximum atomic E-state index is 13.0. The summed E-state index contributed by atoms with van der Waals surface area (Å²) in [6.45, 7) is 2.59. The molecule has 2 amide bonds. The fourth-order valence-corrected chi connectivity index (χ4v) is 2.41. The molecule has 0 atom stereocenters. The van der Waals surface area contributed by atoms with Crippen LogP contribution in [0.3, 0.4) is 0 Å². The van der Waals surface area contributed by atoms with Crippen molar-refractivity contribution < 1.29 is 48.9 Å². The van der Waals surface area contributed by atoms with Gasteiger partial charge in [0.2, 0.25) is 11.8 Å². The van der Waals surface area contributed by atoms with E-state index in [9.17, 15) is 27.2 Å². The van der Waals surface area contributed by atoms with E-state index >= 15 is 0 Å². The first-order chi connectivity index (χ1) is 17.0. The second-order valence-electron chi connectivity index (χ2n) is 7.17. The van der Waals surface area contributed by atoms with E-state index in [1.807, 2.05) is 36.4 Å². The molecule has 0 aliphatic heterocycles. The van der Waals surface area contributed by atoms with Gasteiger partial charge >= 0.3 is 21.7 Å². The van der Waals surface area contributed by atoms with Crippen LogP contribution in [0, 0.1) is 47.6 Å². The van der Waals surface area contributed by atoms with Gasteiger partial charge in [-0.1, -0.05) is 0 Å². The summed E-state index contributed by atoms with van der Waals surface area (Å²) in [6.07, 6.45) is 20.0. The normalized spacial score (nSPS) is 11.7. The molecule has 2 aliphatic carbocycles. The van der Waals surface area contributed by atoms with Gasteiger partial charge in [-0.15, -0.1) is 49.2 Å². The third-order valence-corrected chi connectivity index (χ3v) is 4.52. The van der Waals surface area contributed by atoms with Gasteiger partial charge in [-0.2, -0.15) is 12.2 Å². The minimum absolute atomic E-state index is 0. The zero-order chi connectivity index (χ0) is 27.1. The number of halogens is 4. The first-order valence-corrected chi connectivity index (χ1v) is 10.7.